The molecule has 0 radical (unpaired) electrons. The zero-order chi connectivity index (χ0) is 14.4. The highest BCUT2D eigenvalue weighted by molar-refractivity contribution is 7.99. The lowest BCUT2D eigenvalue weighted by atomic mass is 10.5. The Morgan fingerprint density at radius 2 is 2.11 bits per heavy atom. The van der Waals surface area contributed by atoms with Gasteiger partial charge in [-0.05, 0) is 6.92 Å². The number of aliphatic hydroxyl groups is 1. The van der Waals surface area contributed by atoms with E-state index in [0.29, 0.717) is 11.7 Å². The molecule has 8 nitrogen and oxygen atoms in total. The highest BCUT2D eigenvalue weighted by atomic mass is 32.2. The van der Waals surface area contributed by atoms with Gasteiger partial charge in [-0.2, -0.15) is 0 Å². The van der Waals surface area contributed by atoms with Gasteiger partial charge in [0.15, 0.2) is 11.0 Å². The molecule has 9 heteroatoms. The zero-order valence-electron chi connectivity index (χ0n) is 10.7. The minimum absolute atomic E-state index is 0.0187. The molecule has 0 aliphatic rings. The standard InChI is InChI=1S/C10H16N4O4S/c1-3-13(2)8(16)4-14-7(5-15)11-12-10(14)19-6-9(17)18/h15H,3-6H2,1-2H3,(H,17,18). The molecule has 1 rings (SSSR count). The van der Waals surface area contributed by atoms with Crippen LogP contribution in [0.3, 0.4) is 0 Å². The first-order chi connectivity index (χ1) is 8.99. The molecule has 0 saturated heterocycles. The van der Waals surface area contributed by atoms with Crippen molar-refractivity contribution in [2.24, 2.45) is 0 Å². The van der Waals surface area contributed by atoms with E-state index in [1.807, 2.05) is 6.92 Å². The molecule has 0 atom stereocenters. The topological polar surface area (TPSA) is 109 Å². The van der Waals surface area contributed by atoms with Crippen LogP contribution >= 0.6 is 11.8 Å². The third-order valence-electron chi connectivity index (χ3n) is 2.45. The number of thioether (sulfide) groups is 1. The van der Waals surface area contributed by atoms with E-state index in [0.717, 1.165) is 11.8 Å². The maximum absolute atomic E-state index is 11.8. The third kappa shape index (κ3) is 4.21. The van der Waals surface area contributed by atoms with Gasteiger partial charge in [-0.3, -0.25) is 14.2 Å². The van der Waals surface area contributed by atoms with E-state index < -0.39 is 5.97 Å². The van der Waals surface area contributed by atoms with E-state index in [-0.39, 0.29) is 30.6 Å². The summed E-state index contributed by atoms with van der Waals surface area (Å²) in [6.07, 6.45) is 0. The summed E-state index contributed by atoms with van der Waals surface area (Å²) in [6.45, 7) is 2.03. The van der Waals surface area contributed by atoms with E-state index in [4.69, 9.17) is 10.2 Å². The number of hydrogen-bond acceptors (Lipinski definition) is 6. The first kappa shape index (κ1) is 15.4. The Balaban J connectivity index is 2.86. The fourth-order valence-corrected chi connectivity index (χ4v) is 1.94. The quantitative estimate of drug-likeness (QED) is 0.646. The Hall–Kier alpha value is -1.61. The summed E-state index contributed by atoms with van der Waals surface area (Å²) in [6, 6.07) is 0. The highest BCUT2D eigenvalue weighted by Crippen LogP contribution is 2.17. The maximum atomic E-state index is 11.8. The van der Waals surface area contributed by atoms with Crippen LogP contribution in [0.25, 0.3) is 0 Å². The lowest BCUT2D eigenvalue weighted by Crippen LogP contribution is -2.30. The molecule has 0 bridgehead atoms. The Labute approximate surface area is 114 Å². The lowest BCUT2D eigenvalue weighted by Gasteiger charge is -2.16. The first-order valence-electron chi connectivity index (χ1n) is 5.61. The number of carbonyl (C=O) groups excluding carboxylic acids is 1. The van der Waals surface area contributed by atoms with Crippen LogP contribution in [0, 0.1) is 0 Å². The van der Waals surface area contributed by atoms with Crippen molar-refractivity contribution in [1.29, 1.82) is 0 Å². The summed E-state index contributed by atoms with van der Waals surface area (Å²) in [5.41, 5.74) is 0. The molecular weight excluding hydrogens is 272 g/mol. The van der Waals surface area contributed by atoms with Gasteiger partial charge >= 0.3 is 5.97 Å². The van der Waals surface area contributed by atoms with Crippen molar-refractivity contribution in [3.05, 3.63) is 5.82 Å². The summed E-state index contributed by atoms with van der Waals surface area (Å²) in [5, 5.41) is 25.6. The fraction of sp³-hybridized carbons (Fsp3) is 0.600. The van der Waals surface area contributed by atoms with E-state index in [2.05, 4.69) is 10.2 Å². The molecule has 0 aliphatic heterocycles. The third-order valence-corrected chi connectivity index (χ3v) is 3.40. The summed E-state index contributed by atoms with van der Waals surface area (Å²) in [5.74, 6) is -1.08. The van der Waals surface area contributed by atoms with Gasteiger partial charge in [-0.1, -0.05) is 11.8 Å². The van der Waals surface area contributed by atoms with Crippen molar-refractivity contribution in [1.82, 2.24) is 19.7 Å². The maximum Gasteiger partial charge on any atom is 0.313 e. The number of carbonyl (C=O) groups is 2. The van der Waals surface area contributed by atoms with Crippen molar-refractivity contribution in [2.45, 2.75) is 25.2 Å². The number of aromatic nitrogens is 3. The van der Waals surface area contributed by atoms with Crippen LogP contribution in [0.2, 0.25) is 0 Å². The molecule has 2 N–H and O–H groups in total. The van der Waals surface area contributed by atoms with Crippen molar-refractivity contribution in [3.63, 3.8) is 0 Å². The number of carboxylic acid groups (broad SMARTS) is 1. The van der Waals surface area contributed by atoms with Crippen LogP contribution in [0.5, 0.6) is 0 Å². The number of hydrogen-bond donors (Lipinski definition) is 2. The van der Waals surface area contributed by atoms with Gasteiger partial charge in [0.25, 0.3) is 0 Å². The molecule has 0 unspecified atom stereocenters. The molecule has 0 fully saturated rings. The first-order valence-corrected chi connectivity index (χ1v) is 6.59. The molecule has 0 saturated carbocycles. The van der Waals surface area contributed by atoms with Gasteiger partial charge in [-0.25, -0.2) is 0 Å². The summed E-state index contributed by atoms with van der Waals surface area (Å²) >= 11 is 0.961. The van der Waals surface area contributed by atoms with Gasteiger partial charge in [0, 0.05) is 13.6 Å². The number of likely N-dealkylation sites (N-methyl/N-ethyl adjacent to an activating group) is 1. The summed E-state index contributed by atoms with van der Waals surface area (Å²) in [7, 11) is 1.66. The minimum atomic E-state index is -0.984. The monoisotopic (exact) mass is 288 g/mol. The largest absolute Gasteiger partial charge is 0.481 e. The van der Waals surface area contributed by atoms with Gasteiger partial charge in [0.1, 0.15) is 13.2 Å². The van der Waals surface area contributed by atoms with Gasteiger partial charge in [0.2, 0.25) is 5.91 Å². The Kier molecular flexibility index (Phi) is 5.77. The molecule has 0 aromatic carbocycles. The minimum Gasteiger partial charge on any atom is -0.481 e. The molecule has 19 heavy (non-hydrogen) atoms. The molecule has 1 aromatic heterocycles. The fourth-order valence-electron chi connectivity index (χ4n) is 1.26. The van der Waals surface area contributed by atoms with Gasteiger partial charge < -0.3 is 15.1 Å². The number of rotatable bonds is 7. The Bertz CT molecular complexity index is 462. The van der Waals surface area contributed by atoms with E-state index in [1.54, 1.807) is 7.05 Å². The van der Waals surface area contributed by atoms with Gasteiger partial charge in [0.05, 0.1) is 5.75 Å². The SMILES string of the molecule is CCN(C)C(=O)Cn1c(CO)nnc1SCC(=O)O. The molecule has 106 valence electrons. The van der Waals surface area contributed by atoms with Crippen LogP contribution in [0.4, 0.5) is 0 Å². The average molecular weight is 288 g/mol. The number of amides is 1. The second kappa shape index (κ2) is 7.10. The average Bonchev–Trinajstić information content (AvgIpc) is 2.77. The van der Waals surface area contributed by atoms with Crippen molar-refractivity contribution in [3.8, 4) is 0 Å². The normalized spacial score (nSPS) is 10.5. The molecule has 1 heterocycles. The van der Waals surface area contributed by atoms with Crippen molar-refractivity contribution in [2.75, 3.05) is 19.3 Å². The lowest BCUT2D eigenvalue weighted by molar-refractivity contribution is -0.134. The van der Waals surface area contributed by atoms with Gasteiger partial charge in [-0.15, -0.1) is 10.2 Å². The molecule has 0 aliphatic carbocycles. The number of aliphatic hydroxyl groups excluding tert-OH is 1. The molecule has 1 aromatic rings. The number of nitrogens with zero attached hydrogens (tertiary/aromatic N) is 4. The number of carboxylic acids is 1. The van der Waals surface area contributed by atoms with Crippen LogP contribution in [-0.4, -0.2) is 61.1 Å². The van der Waals surface area contributed by atoms with E-state index in [1.165, 1.54) is 9.47 Å². The molecule has 0 spiro atoms. The Morgan fingerprint density at radius 1 is 1.42 bits per heavy atom. The van der Waals surface area contributed by atoms with Crippen molar-refractivity contribution < 1.29 is 19.8 Å². The smallest absolute Gasteiger partial charge is 0.313 e. The number of aliphatic carboxylic acids is 1. The van der Waals surface area contributed by atoms with E-state index in [9.17, 15) is 9.59 Å². The van der Waals surface area contributed by atoms with E-state index >= 15 is 0 Å². The predicted molar refractivity (Wildman–Crippen MR) is 67.6 cm³/mol. The van der Waals surface area contributed by atoms with Crippen molar-refractivity contribution >= 4 is 23.6 Å². The summed E-state index contributed by atoms with van der Waals surface area (Å²) in [4.78, 5) is 23.9. The molecular formula is C10H16N4O4S. The predicted octanol–water partition coefficient (Wildman–Crippen LogP) is -0.575. The van der Waals surface area contributed by atoms with Crippen LogP contribution < -0.4 is 0 Å². The van der Waals surface area contributed by atoms with Crippen LogP contribution in [0.1, 0.15) is 12.7 Å². The van der Waals surface area contributed by atoms with Crippen LogP contribution in [-0.2, 0) is 22.7 Å². The van der Waals surface area contributed by atoms with Crippen LogP contribution in [0.15, 0.2) is 5.16 Å². The molecule has 1 amide bonds. The second-order valence-electron chi connectivity index (χ2n) is 3.73. The zero-order valence-corrected chi connectivity index (χ0v) is 11.6. The Morgan fingerprint density at radius 3 is 2.63 bits per heavy atom. The highest BCUT2D eigenvalue weighted by Gasteiger charge is 2.17. The summed E-state index contributed by atoms with van der Waals surface area (Å²) < 4.78 is 1.43. The second-order valence-corrected chi connectivity index (χ2v) is 4.68.